The van der Waals surface area contributed by atoms with Crippen LogP contribution in [-0.4, -0.2) is 62.9 Å². The molecular formula is C19H24N4O5S. The Morgan fingerprint density at radius 3 is 2.52 bits per heavy atom. The number of amides is 3. The first-order valence-electron chi connectivity index (χ1n) is 9.47. The Kier molecular flexibility index (Phi) is 6.10. The number of carbonyl (C=O) groups is 2. The van der Waals surface area contributed by atoms with Crippen LogP contribution >= 0.6 is 0 Å². The Bertz CT molecular complexity index is 948. The smallest absolute Gasteiger partial charge is 0.332 e. The number of hydrogen-bond acceptors (Lipinski definition) is 6. The van der Waals surface area contributed by atoms with Crippen molar-refractivity contribution >= 4 is 27.6 Å². The number of ether oxygens (including phenoxy) is 1. The van der Waals surface area contributed by atoms with Gasteiger partial charge in [0.1, 0.15) is 18.4 Å². The normalized spacial score (nSPS) is 18.4. The van der Waals surface area contributed by atoms with Gasteiger partial charge < -0.3 is 4.74 Å². The summed E-state index contributed by atoms with van der Waals surface area (Å²) in [6.07, 6.45) is 4.65. The molecule has 0 radical (unpaired) electrons. The molecule has 0 aromatic heterocycles. The van der Waals surface area contributed by atoms with Gasteiger partial charge in [0.2, 0.25) is 10.0 Å². The highest BCUT2D eigenvalue weighted by Gasteiger charge is 2.42. The first-order chi connectivity index (χ1) is 13.8. The van der Waals surface area contributed by atoms with Gasteiger partial charge in [0.25, 0.3) is 5.91 Å². The summed E-state index contributed by atoms with van der Waals surface area (Å²) in [6, 6.07) is 5.38. The SMILES string of the molecule is CN(C)S(=O)(=O)c1ccc(N2CC(=O)N(C3CCCCC3)C2=O)c(OCC#N)c1. The Hall–Kier alpha value is -2.64. The maximum atomic E-state index is 13.0. The van der Waals surface area contributed by atoms with Crippen molar-refractivity contribution < 1.29 is 22.7 Å². The van der Waals surface area contributed by atoms with Crippen LogP contribution in [0.25, 0.3) is 0 Å². The zero-order chi connectivity index (χ0) is 21.2. The minimum Gasteiger partial charge on any atom is -0.477 e. The number of nitrogens with zero attached hydrogens (tertiary/aromatic N) is 4. The average molecular weight is 420 g/mol. The van der Waals surface area contributed by atoms with E-state index in [0.717, 1.165) is 36.4 Å². The Labute approximate surface area is 170 Å². The Morgan fingerprint density at radius 1 is 1.21 bits per heavy atom. The molecule has 2 fully saturated rings. The summed E-state index contributed by atoms with van der Waals surface area (Å²) in [6.45, 7) is -0.460. The third-order valence-electron chi connectivity index (χ3n) is 5.23. The van der Waals surface area contributed by atoms with Crippen molar-refractivity contribution in [3.8, 4) is 11.8 Å². The average Bonchev–Trinajstić information content (AvgIpc) is 3.00. The van der Waals surface area contributed by atoms with Gasteiger partial charge in [-0.2, -0.15) is 5.26 Å². The molecule has 2 aliphatic rings. The van der Waals surface area contributed by atoms with Gasteiger partial charge >= 0.3 is 6.03 Å². The van der Waals surface area contributed by atoms with Crippen LogP contribution in [-0.2, 0) is 14.8 Å². The van der Waals surface area contributed by atoms with Crippen LogP contribution in [0.2, 0.25) is 0 Å². The highest BCUT2D eigenvalue weighted by atomic mass is 32.2. The zero-order valence-electron chi connectivity index (χ0n) is 16.5. The summed E-state index contributed by atoms with van der Waals surface area (Å²) in [4.78, 5) is 28.2. The topological polar surface area (TPSA) is 111 Å². The largest absolute Gasteiger partial charge is 0.477 e. The molecule has 0 atom stereocenters. The second-order valence-corrected chi connectivity index (χ2v) is 9.44. The predicted molar refractivity (Wildman–Crippen MR) is 105 cm³/mol. The van der Waals surface area contributed by atoms with Gasteiger partial charge in [0.15, 0.2) is 6.61 Å². The zero-order valence-corrected chi connectivity index (χ0v) is 17.3. The van der Waals surface area contributed by atoms with Crippen LogP contribution in [0.5, 0.6) is 5.75 Å². The first-order valence-corrected chi connectivity index (χ1v) is 10.9. The number of nitriles is 1. The van der Waals surface area contributed by atoms with Gasteiger partial charge in [-0.05, 0) is 25.0 Å². The lowest BCUT2D eigenvalue weighted by Gasteiger charge is -2.29. The van der Waals surface area contributed by atoms with Crippen molar-refractivity contribution in [2.75, 3.05) is 32.1 Å². The van der Waals surface area contributed by atoms with Crippen molar-refractivity contribution in [1.29, 1.82) is 5.26 Å². The van der Waals surface area contributed by atoms with Gasteiger partial charge in [0, 0.05) is 26.2 Å². The van der Waals surface area contributed by atoms with Crippen LogP contribution in [0.4, 0.5) is 10.5 Å². The number of hydrogen-bond donors (Lipinski definition) is 0. The van der Waals surface area contributed by atoms with Gasteiger partial charge in [-0.25, -0.2) is 17.5 Å². The molecule has 156 valence electrons. The predicted octanol–water partition coefficient (Wildman–Crippen LogP) is 1.94. The van der Waals surface area contributed by atoms with Crippen molar-refractivity contribution in [1.82, 2.24) is 9.21 Å². The van der Waals surface area contributed by atoms with E-state index in [1.807, 2.05) is 6.07 Å². The number of imide groups is 1. The van der Waals surface area contributed by atoms with E-state index in [1.165, 1.54) is 42.1 Å². The number of rotatable bonds is 6. The number of sulfonamides is 1. The molecule has 3 amide bonds. The Balaban J connectivity index is 1.96. The lowest BCUT2D eigenvalue weighted by Crippen LogP contribution is -2.42. The summed E-state index contributed by atoms with van der Waals surface area (Å²) < 4.78 is 31.3. The molecule has 0 bridgehead atoms. The second kappa shape index (κ2) is 8.39. The van der Waals surface area contributed by atoms with Gasteiger partial charge in [-0.15, -0.1) is 0 Å². The van der Waals surface area contributed by atoms with E-state index in [9.17, 15) is 18.0 Å². The lowest BCUT2D eigenvalue weighted by atomic mass is 9.94. The van der Waals surface area contributed by atoms with Crippen LogP contribution in [0.1, 0.15) is 32.1 Å². The molecule has 1 heterocycles. The second-order valence-electron chi connectivity index (χ2n) is 7.29. The molecule has 10 heteroatoms. The maximum Gasteiger partial charge on any atom is 0.332 e. The molecule has 9 nitrogen and oxygen atoms in total. The molecule has 29 heavy (non-hydrogen) atoms. The molecule has 1 saturated heterocycles. The highest BCUT2D eigenvalue weighted by molar-refractivity contribution is 7.89. The van der Waals surface area contributed by atoms with E-state index in [1.54, 1.807) is 0 Å². The standard InChI is InChI=1S/C19H24N4O5S/c1-21(2)29(26,27)15-8-9-16(17(12-15)28-11-10-20)22-13-18(24)23(19(22)25)14-6-4-3-5-7-14/h8-9,12,14H,3-7,11,13H2,1-2H3. The van der Waals surface area contributed by atoms with E-state index >= 15 is 0 Å². The quantitative estimate of drug-likeness (QED) is 0.650. The van der Waals surface area contributed by atoms with Crippen molar-refractivity contribution in [2.24, 2.45) is 0 Å². The summed E-state index contributed by atoms with van der Waals surface area (Å²) in [5.41, 5.74) is 0.273. The minimum absolute atomic E-state index is 0.0266. The monoisotopic (exact) mass is 420 g/mol. The summed E-state index contributed by atoms with van der Waals surface area (Å²) >= 11 is 0. The number of urea groups is 1. The van der Waals surface area contributed by atoms with Crippen molar-refractivity contribution in [3.05, 3.63) is 18.2 Å². The maximum absolute atomic E-state index is 13.0. The number of anilines is 1. The van der Waals surface area contributed by atoms with E-state index in [-0.39, 0.29) is 41.4 Å². The molecule has 1 aromatic carbocycles. The molecule has 0 unspecified atom stereocenters. The van der Waals surface area contributed by atoms with Crippen molar-refractivity contribution in [3.63, 3.8) is 0 Å². The van der Waals surface area contributed by atoms with Crippen LogP contribution < -0.4 is 9.64 Å². The fourth-order valence-corrected chi connectivity index (χ4v) is 4.64. The van der Waals surface area contributed by atoms with Crippen LogP contribution in [0, 0.1) is 11.3 Å². The molecule has 1 aliphatic carbocycles. The summed E-state index contributed by atoms with van der Waals surface area (Å²) in [5, 5.41) is 8.86. The lowest BCUT2D eigenvalue weighted by molar-refractivity contribution is -0.126. The number of carbonyl (C=O) groups excluding carboxylic acids is 2. The highest BCUT2D eigenvalue weighted by Crippen LogP contribution is 2.36. The molecule has 1 aromatic rings. The van der Waals surface area contributed by atoms with Gasteiger partial charge in [-0.1, -0.05) is 19.3 Å². The number of benzene rings is 1. The van der Waals surface area contributed by atoms with E-state index in [2.05, 4.69) is 0 Å². The molecular weight excluding hydrogens is 396 g/mol. The summed E-state index contributed by atoms with van der Waals surface area (Å²) in [7, 11) is -0.914. The molecule has 0 spiro atoms. The molecule has 1 saturated carbocycles. The molecule has 1 aliphatic heterocycles. The van der Waals surface area contributed by atoms with E-state index in [4.69, 9.17) is 10.00 Å². The molecule has 0 N–H and O–H groups in total. The van der Waals surface area contributed by atoms with E-state index < -0.39 is 16.1 Å². The first kappa shape index (κ1) is 21.1. The third kappa shape index (κ3) is 4.06. The molecule has 3 rings (SSSR count). The van der Waals surface area contributed by atoms with E-state index in [0.29, 0.717) is 0 Å². The van der Waals surface area contributed by atoms with Crippen LogP contribution in [0.15, 0.2) is 23.1 Å². The van der Waals surface area contributed by atoms with Gasteiger partial charge in [-0.3, -0.25) is 14.6 Å². The van der Waals surface area contributed by atoms with Crippen molar-refractivity contribution in [2.45, 2.75) is 43.0 Å². The fourth-order valence-electron chi connectivity index (χ4n) is 3.72. The Morgan fingerprint density at radius 2 is 1.90 bits per heavy atom. The summed E-state index contributed by atoms with van der Waals surface area (Å²) in [5.74, 6) is -0.209. The van der Waals surface area contributed by atoms with Gasteiger partial charge in [0.05, 0.1) is 10.6 Å². The fraction of sp³-hybridized carbons (Fsp3) is 0.526. The van der Waals surface area contributed by atoms with Crippen LogP contribution in [0.3, 0.4) is 0 Å². The third-order valence-corrected chi connectivity index (χ3v) is 7.04. The minimum atomic E-state index is -3.73.